The number of rotatable bonds is 8. The summed E-state index contributed by atoms with van der Waals surface area (Å²) in [6.07, 6.45) is 18.4. The van der Waals surface area contributed by atoms with Crippen molar-refractivity contribution < 1.29 is 14.0 Å². The summed E-state index contributed by atoms with van der Waals surface area (Å²) in [5, 5.41) is 16.1. The molecule has 2 aliphatic heterocycles. The van der Waals surface area contributed by atoms with Gasteiger partial charge in [-0.15, -0.1) is 0 Å². The molecule has 2 saturated heterocycles. The lowest BCUT2D eigenvalue weighted by molar-refractivity contribution is 0.0728. The molecule has 5 N–H and O–H groups in total. The minimum absolute atomic E-state index is 0. The van der Waals surface area contributed by atoms with E-state index in [1.807, 2.05) is 26.5 Å². The van der Waals surface area contributed by atoms with Gasteiger partial charge >= 0.3 is 0 Å². The van der Waals surface area contributed by atoms with Crippen molar-refractivity contribution in [3.63, 3.8) is 0 Å². The predicted molar refractivity (Wildman–Crippen MR) is 263 cm³/mol. The van der Waals surface area contributed by atoms with Gasteiger partial charge in [0.2, 0.25) is 17.8 Å². The highest BCUT2D eigenvalue weighted by Gasteiger charge is 2.27. The zero-order valence-corrected chi connectivity index (χ0v) is 37.4. The van der Waals surface area contributed by atoms with Gasteiger partial charge in [0.15, 0.2) is 0 Å². The third kappa shape index (κ3) is 8.92. The highest BCUT2D eigenvalue weighted by atomic mass is 19.1. The molecule has 0 aromatic carbocycles. The van der Waals surface area contributed by atoms with Crippen molar-refractivity contribution in [3.8, 4) is 0 Å². The number of hydrogen-bond acceptors (Lipinski definition) is 14. The van der Waals surface area contributed by atoms with E-state index in [-0.39, 0.29) is 36.9 Å². The van der Waals surface area contributed by atoms with Crippen LogP contribution in [0.3, 0.4) is 0 Å². The van der Waals surface area contributed by atoms with Gasteiger partial charge in [-0.2, -0.15) is 14.4 Å². The van der Waals surface area contributed by atoms with Gasteiger partial charge in [-0.25, -0.2) is 24.9 Å². The van der Waals surface area contributed by atoms with Gasteiger partial charge in [0.1, 0.15) is 34.0 Å². The number of halogens is 1. The fourth-order valence-corrected chi connectivity index (χ4v) is 10.2. The van der Waals surface area contributed by atoms with Gasteiger partial charge in [0.05, 0.1) is 11.1 Å². The van der Waals surface area contributed by atoms with E-state index in [4.69, 9.17) is 9.97 Å². The molecule has 10 heterocycles. The highest BCUT2D eigenvalue weighted by Crippen LogP contribution is 2.39. The Labute approximate surface area is 396 Å². The second-order valence-corrected chi connectivity index (χ2v) is 17.7. The summed E-state index contributed by atoms with van der Waals surface area (Å²) in [7, 11) is 0. The van der Waals surface area contributed by atoms with Gasteiger partial charge in [-0.1, -0.05) is 33.1 Å². The molecule has 20 heteroatoms. The normalized spacial score (nSPS) is 16.8. The number of hydrogen-bond donors (Lipinski definition) is 5. The maximum absolute atomic E-state index is 14.8. The zero-order chi connectivity index (χ0) is 46.1. The Hall–Kier alpha value is -7.45. The Kier molecular flexibility index (Phi) is 12.9. The maximum Gasteiger partial charge on any atom is 0.272 e. The first kappa shape index (κ1) is 45.3. The van der Waals surface area contributed by atoms with Crippen LogP contribution in [-0.2, 0) is 0 Å². The molecule has 12 rings (SSSR count). The van der Waals surface area contributed by atoms with Crippen molar-refractivity contribution >= 4 is 79.2 Å². The number of anilines is 4. The van der Waals surface area contributed by atoms with Gasteiger partial charge in [0.25, 0.3) is 17.4 Å². The summed E-state index contributed by atoms with van der Waals surface area (Å²) >= 11 is 0. The minimum atomic E-state index is -0.483. The second kappa shape index (κ2) is 19.6. The van der Waals surface area contributed by atoms with E-state index in [1.54, 1.807) is 55.2 Å². The van der Waals surface area contributed by atoms with Crippen LogP contribution in [0, 0.1) is 5.95 Å². The monoisotopic (exact) mass is 934 g/mol. The molecule has 356 valence electrons. The lowest BCUT2D eigenvalue weighted by atomic mass is 10.2. The standard InChI is InChI=1S/C24H25FN8O.C24H26N8O2.CH4/c25-21-20-17(7-8-27-21)18-14-29-24(31-22(18)33(20)16-3-1-2-4-16)30-19-6-5-15(13-28-19)23(34)32-11-9-26-10-12-32;33-22-20-17(7-8-26-22)18-14-28-24(30-21(18)32(20)16-3-1-2-4-16)29-19-6-5-15(13-27-19)23(34)31-11-9-25-10-12-31;/h5-8,13-14,16,26H,1-4,9-12H2,(H,28,29,30,31);5-8,13-14,16,25H,1-4,9-12H2,(H,26,33)(H,27,28,29,30);1H4. The van der Waals surface area contributed by atoms with Crippen LogP contribution in [0.4, 0.5) is 27.9 Å². The summed E-state index contributed by atoms with van der Waals surface area (Å²) in [6, 6.07) is 11.2. The van der Waals surface area contributed by atoms with E-state index in [1.165, 1.54) is 6.20 Å². The van der Waals surface area contributed by atoms with Crippen molar-refractivity contribution in [2.75, 3.05) is 63.0 Å². The van der Waals surface area contributed by atoms with Crippen LogP contribution in [0.15, 0.2) is 78.4 Å². The van der Waals surface area contributed by atoms with Crippen LogP contribution >= 0.6 is 0 Å². The first-order valence-electron chi connectivity index (χ1n) is 23.5. The van der Waals surface area contributed by atoms with E-state index in [9.17, 15) is 18.8 Å². The molecule has 0 bridgehead atoms. The number of aromatic amines is 1. The topological polar surface area (TPSA) is 222 Å². The number of carbonyl (C=O) groups excluding carboxylic acids is 2. The van der Waals surface area contributed by atoms with Gasteiger partial charge < -0.3 is 45.2 Å². The molecule has 0 radical (unpaired) electrons. The third-order valence-electron chi connectivity index (χ3n) is 13.6. The summed E-state index contributed by atoms with van der Waals surface area (Å²) in [5.41, 5.74) is 3.59. The maximum atomic E-state index is 14.8. The van der Waals surface area contributed by atoms with E-state index in [2.05, 4.69) is 55.7 Å². The average Bonchev–Trinajstić information content (AvgIpc) is 4.22. The largest absolute Gasteiger partial charge is 0.336 e. The number of aromatic nitrogens is 10. The molecular formula is C49H55FN16O3. The van der Waals surface area contributed by atoms with Crippen molar-refractivity contribution in [3.05, 3.63) is 101 Å². The van der Waals surface area contributed by atoms with Crippen molar-refractivity contribution in [1.29, 1.82) is 0 Å². The van der Waals surface area contributed by atoms with Crippen LogP contribution in [0.5, 0.6) is 0 Å². The number of piperazine rings is 2. The number of nitrogens with zero attached hydrogens (tertiary/aromatic N) is 11. The van der Waals surface area contributed by atoms with Crippen LogP contribution in [-0.4, -0.2) is 123 Å². The number of pyridine rings is 4. The molecule has 8 aromatic heterocycles. The zero-order valence-electron chi connectivity index (χ0n) is 37.4. The number of H-pyrrole nitrogens is 1. The Morgan fingerprint density at radius 2 is 1.06 bits per heavy atom. The number of nitrogens with one attached hydrogen (secondary N) is 5. The number of fused-ring (bicyclic) bond motifs is 6. The molecule has 0 unspecified atom stereocenters. The lowest BCUT2D eigenvalue weighted by Crippen LogP contribution is -2.46. The first-order valence-corrected chi connectivity index (χ1v) is 23.5. The fraction of sp³-hybridized carbons (Fsp3) is 0.388. The molecule has 2 saturated carbocycles. The van der Waals surface area contributed by atoms with Gasteiger partial charge in [-0.05, 0) is 62.1 Å². The lowest BCUT2D eigenvalue weighted by Gasteiger charge is -2.27. The molecule has 2 amide bonds. The molecule has 2 aliphatic carbocycles. The van der Waals surface area contributed by atoms with E-state index >= 15 is 0 Å². The summed E-state index contributed by atoms with van der Waals surface area (Å²) in [5.74, 6) is 1.35. The van der Waals surface area contributed by atoms with Crippen molar-refractivity contribution in [2.45, 2.75) is 70.9 Å². The Morgan fingerprint density at radius 1 is 0.580 bits per heavy atom. The molecule has 19 nitrogen and oxygen atoms in total. The Morgan fingerprint density at radius 3 is 1.54 bits per heavy atom. The second-order valence-electron chi connectivity index (χ2n) is 17.7. The Bertz CT molecular complexity index is 3200. The molecule has 4 fully saturated rings. The predicted octanol–water partition coefficient (Wildman–Crippen LogP) is 6.63. The van der Waals surface area contributed by atoms with Crippen LogP contribution in [0.25, 0.3) is 43.9 Å². The number of carbonyl (C=O) groups is 2. The molecule has 0 atom stereocenters. The van der Waals surface area contributed by atoms with Gasteiger partial charge in [0, 0.05) is 123 Å². The van der Waals surface area contributed by atoms with E-state index in [0.29, 0.717) is 77.5 Å². The fourth-order valence-electron chi connectivity index (χ4n) is 10.2. The smallest absolute Gasteiger partial charge is 0.272 e. The average molecular weight is 935 g/mol. The first-order chi connectivity index (χ1) is 33.4. The Balaban J connectivity index is 0.000000158. The SMILES string of the molecule is C.O=C(c1ccc(Nc2ncc3c4cc[nH]c(=O)c4n(C4CCCC4)c3n2)nc1)N1CCNCC1.O=C(c1ccc(Nc2ncc3c4ccnc(F)c4n(C4CCCC4)c3n2)nc1)N1CCNCC1. The van der Waals surface area contributed by atoms with Crippen molar-refractivity contribution in [2.24, 2.45) is 0 Å². The quantitative estimate of drug-likeness (QED) is 0.101. The van der Waals surface area contributed by atoms with Crippen LogP contribution in [0.2, 0.25) is 0 Å². The molecule has 4 aliphatic rings. The minimum Gasteiger partial charge on any atom is -0.336 e. The van der Waals surface area contributed by atoms with Crippen LogP contribution < -0.4 is 26.8 Å². The summed E-state index contributed by atoms with van der Waals surface area (Å²) in [4.78, 5) is 75.7. The third-order valence-corrected chi connectivity index (χ3v) is 13.6. The molecule has 8 aromatic rings. The summed E-state index contributed by atoms with van der Waals surface area (Å²) in [6.45, 7) is 6.00. The van der Waals surface area contributed by atoms with Crippen molar-refractivity contribution in [1.82, 2.24) is 69.4 Å². The summed E-state index contributed by atoms with van der Waals surface area (Å²) < 4.78 is 18.9. The molecular weight excluding hydrogens is 880 g/mol. The van der Waals surface area contributed by atoms with Crippen LogP contribution in [0.1, 0.15) is 91.6 Å². The molecule has 69 heavy (non-hydrogen) atoms. The number of amides is 2. The van der Waals surface area contributed by atoms with E-state index in [0.717, 1.165) is 105 Å². The molecule has 0 spiro atoms. The van der Waals surface area contributed by atoms with Gasteiger partial charge in [-0.3, -0.25) is 14.4 Å². The van der Waals surface area contributed by atoms with E-state index < -0.39 is 5.95 Å². The highest BCUT2D eigenvalue weighted by molar-refractivity contribution is 6.07.